The molecule has 1 aromatic carbocycles. The summed E-state index contributed by atoms with van der Waals surface area (Å²) in [5, 5.41) is 21.0. The average molecular weight is 321 g/mol. The molecule has 4 N–H and O–H groups in total. The number of nitrogens with zero attached hydrogens (tertiary/aromatic N) is 1. The fourth-order valence-electron chi connectivity index (χ4n) is 1.58. The predicted octanol–water partition coefficient (Wildman–Crippen LogP) is 1.31. The normalized spacial score (nSPS) is 12.5. The number of aliphatic carboxylic acids is 1. The van der Waals surface area contributed by atoms with Crippen LogP contribution in [0, 0.1) is 10.1 Å². The number of carboxylic acid groups (broad SMARTS) is 1. The lowest BCUT2D eigenvalue weighted by Crippen LogP contribution is -2.43. The fourth-order valence-corrected chi connectivity index (χ4v) is 1.58. The molecule has 0 bridgehead atoms. The van der Waals surface area contributed by atoms with Crippen LogP contribution in [0.1, 0.15) is 16.8 Å². The van der Waals surface area contributed by atoms with Crippen LogP contribution in [0.5, 0.6) is 0 Å². The zero-order chi connectivity index (χ0) is 17.1. The second-order valence-corrected chi connectivity index (χ2v) is 4.18. The lowest BCUT2D eigenvalue weighted by Gasteiger charge is -2.16. The van der Waals surface area contributed by atoms with Gasteiger partial charge in [0.25, 0.3) is 11.6 Å². The van der Waals surface area contributed by atoms with Crippen LogP contribution in [0.25, 0.3) is 0 Å². The number of nitro benzene ring substituents is 1. The molecule has 0 fully saturated rings. The lowest BCUT2D eigenvalue weighted by atomic mass is 10.1. The van der Waals surface area contributed by atoms with Crippen molar-refractivity contribution in [2.75, 3.05) is 5.73 Å². The molecular formula is C11H10F3N3O5. The van der Waals surface area contributed by atoms with Crippen molar-refractivity contribution in [3.05, 3.63) is 33.9 Å². The van der Waals surface area contributed by atoms with Crippen molar-refractivity contribution in [3.8, 4) is 0 Å². The molecule has 0 heterocycles. The number of carbonyl (C=O) groups excluding carboxylic acids is 1. The first-order chi connectivity index (χ1) is 10.0. The maximum atomic E-state index is 12.2. The quantitative estimate of drug-likeness (QED) is 0.425. The second kappa shape index (κ2) is 6.28. The summed E-state index contributed by atoms with van der Waals surface area (Å²) in [6.07, 6.45) is -6.60. The van der Waals surface area contributed by atoms with Gasteiger partial charge in [0.15, 0.2) is 0 Å². The van der Waals surface area contributed by atoms with Gasteiger partial charge in [-0.15, -0.1) is 0 Å². The van der Waals surface area contributed by atoms with E-state index in [0.717, 1.165) is 18.2 Å². The molecule has 1 atom stereocenters. The van der Waals surface area contributed by atoms with Crippen molar-refractivity contribution < 1.29 is 32.8 Å². The van der Waals surface area contributed by atoms with Crippen LogP contribution in [-0.2, 0) is 4.79 Å². The zero-order valence-electron chi connectivity index (χ0n) is 10.8. The molecule has 8 nitrogen and oxygen atoms in total. The second-order valence-electron chi connectivity index (χ2n) is 4.18. The van der Waals surface area contributed by atoms with Gasteiger partial charge in [0.05, 0.1) is 16.9 Å². The number of hydrogen-bond acceptors (Lipinski definition) is 5. The number of nitro groups is 1. The van der Waals surface area contributed by atoms with Crippen LogP contribution in [0.2, 0.25) is 0 Å². The number of alkyl halides is 3. The van der Waals surface area contributed by atoms with E-state index >= 15 is 0 Å². The number of para-hydroxylation sites is 1. The molecule has 120 valence electrons. The van der Waals surface area contributed by atoms with Gasteiger partial charge >= 0.3 is 12.1 Å². The van der Waals surface area contributed by atoms with Crippen molar-refractivity contribution in [2.45, 2.75) is 18.6 Å². The van der Waals surface area contributed by atoms with E-state index in [1.807, 2.05) is 0 Å². The highest BCUT2D eigenvalue weighted by Crippen LogP contribution is 2.26. The number of benzene rings is 1. The van der Waals surface area contributed by atoms with E-state index in [1.54, 1.807) is 5.32 Å². The predicted molar refractivity (Wildman–Crippen MR) is 67.1 cm³/mol. The summed E-state index contributed by atoms with van der Waals surface area (Å²) >= 11 is 0. The van der Waals surface area contributed by atoms with Crippen molar-refractivity contribution >= 4 is 23.3 Å². The Labute approximate surface area is 120 Å². The Hall–Kier alpha value is -2.85. The van der Waals surface area contributed by atoms with Crippen molar-refractivity contribution in [2.24, 2.45) is 0 Å². The summed E-state index contributed by atoms with van der Waals surface area (Å²) in [6.45, 7) is 0. The van der Waals surface area contributed by atoms with Gasteiger partial charge in [0.2, 0.25) is 0 Å². The summed E-state index contributed by atoms with van der Waals surface area (Å²) in [5.41, 5.74) is 3.72. The Morgan fingerprint density at radius 1 is 1.41 bits per heavy atom. The van der Waals surface area contributed by atoms with Gasteiger partial charge in [-0.3, -0.25) is 14.9 Å². The maximum Gasteiger partial charge on any atom is 0.391 e. The van der Waals surface area contributed by atoms with Crippen molar-refractivity contribution in [1.29, 1.82) is 0 Å². The summed E-state index contributed by atoms with van der Waals surface area (Å²) in [6, 6.07) is 0.898. The summed E-state index contributed by atoms with van der Waals surface area (Å²) in [4.78, 5) is 32.3. The highest BCUT2D eigenvalue weighted by molar-refractivity contribution is 6.02. The molecule has 0 spiro atoms. The third-order valence-corrected chi connectivity index (χ3v) is 2.56. The number of amides is 1. The zero-order valence-corrected chi connectivity index (χ0v) is 10.8. The van der Waals surface area contributed by atoms with Crippen LogP contribution >= 0.6 is 0 Å². The van der Waals surface area contributed by atoms with E-state index in [1.165, 1.54) is 0 Å². The Morgan fingerprint density at radius 3 is 2.45 bits per heavy atom. The molecule has 0 saturated heterocycles. The number of hydrogen-bond donors (Lipinski definition) is 3. The topological polar surface area (TPSA) is 136 Å². The first kappa shape index (κ1) is 17.2. The van der Waals surface area contributed by atoms with E-state index < -0.39 is 52.4 Å². The van der Waals surface area contributed by atoms with Gasteiger partial charge in [-0.25, -0.2) is 4.79 Å². The smallest absolute Gasteiger partial charge is 0.391 e. The van der Waals surface area contributed by atoms with Crippen molar-refractivity contribution in [1.82, 2.24) is 5.32 Å². The van der Waals surface area contributed by atoms with Gasteiger partial charge in [-0.2, -0.15) is 13.2 Å². The molecule has 0 aromatic heterocycles. The van der Waals surface area contributed by atoms with E-state index in [9.17, 15) is 32.9 Å². The van der Waals surface area contributed by atoms with Crippen LogP contribution in [0.3, 0.4) is 0 Å². The minimum atomic E-state index is -4.81. The minimum absolute atomic E-state index is 0.484. The number of nitrogens with two attached hydrogens (primary N) is 1. The highest BCUT2D eigenvalue weighted by Gasteiger charge is 2.36. The number of nitrogens with one attached hydrogen (secondary N) is 1. The third kappa shape index (κ3) is 4.33. The Morgan fingerprint density at radius 2 is 2.00 bits per heavy atom. The monoisotopic (exact) mass is 321 g/mol. The molecule has 0 aliphatic rings. The Balaban J connectivity index is 3.03. The number of anilines is 1. The molecule has 1 unspecified atom stereocenters. The van der Waals surface area contributed by atoms with Crippen LogP contribution < -0.4 is 11.1 Å². The molecule has 1 amide bonds. The third-order valence-electron chi connectivity index (χ3n) is 2.56. The molecule has 0 radical (unpaired) electrons. The maximum absolute atomic E-state index is 12.2. The first-order valence-corrected chi connectivity index (χ1v) is 5.66. The van der Waals surface area contributed by atoms with Crippen LogP contribution in [0.4, 0.5) is 24.5 Å². The molecule has 0 saturated carbocycles. The van der Waals surface area contributed by atoms with E-state index in [-0.39, 0.29) is 0 Å². The number of halogens is 3. The number of rotatable bonds is 5. The van der Waals surface area contributed by atoms with Gasteiger partial charge < -0.3 is 16.2 Å². The molecule has 0 aliphatic heterocycles. The molecule has 0 aliphatic carbocycles. The average Bonchev–Trinajstić information content (AvgIpc) is 2.35. The molecule has 1 rings (SSSR count). The Bertz CT molecular complexity index is 617. The minimum Gasteiger partial charge on any atom is -0.480 e. The van der Waals surface area contributed by atoms with Gasteiger partial charge in [-0.1, -0.05) is 6.07 Å². The fraction of sp³-hybridized carbons (Fsp3) is 0.273. The molecule has 22 heavy (non-hydrogen) atoms. The summed E-state index contributed by atoms with van der Waals surface area (Å²) in [5.74, 6) is -3.15. The number of carboxylic acids is 1. The van der Waals surface area contributed by atoms with E-state index in [2.05, 4.69) is 0 Å². The Kier molecular flexibility index (Phi) is 4.91. The number of nitrogen functional groups attached to an aromatic ring is 1. The van der Waals surface area contributed by atoms with E-state index in [0.29, 0.717) is 0 Å². The molecule has 1 aromatic rings. The van der Waals surface area contributed by atoms with Gasteiger partial charge in [-0.05, 0) is 6.07 Å². The lowest BCUT2D eigenvalue weighted by molar-refractivity contribution is -0.383. The SMILES string of the molecule is Nc1c(C(=O)NC(CC(F)(F)F)C(=O)O)cccc1[N+](=O)[O-]. The molecule has 11 heteroatoms. The van der Waals surface area contributed by atoms with Crippen LogP contribution in [-0.4, -0.2) is 34.1 Å². The van der Waals surface area contributed by atoms with Gasteiger partial charge in [0.1, 0.15) is 11.7 Å². The van der Waals surface area contributed by atoms with Crippen molar-refractivity contribution in [3.63, 3.8) is 0 Å². The highest BCUT2D eigenvalue weighted by atomic mass is 19.4. The van der Waals surface area contributed by atoms with Gasteiger partial charge in [0, 0.05) is 6.07 Å². The molecular weight excluding hydrogens is 311 g/mol. The number of carbonyl (C=O) groups is 2. The summed E-state index contributed by atoms with van der Waals surface area (Å²) in [7, 11) is 0. The first-order valence-electron chi connectivity index (χ1n) is 5.66. The largest absolute Gasteiger partial charge is 0.480 e. The van der Waals surface area contributed by atoms with E-state index in [4.69, 9.17) is 10.8 Å². The summed E-state index contributed by atoms with van der Waals surface area (Å²) < 4.78 is 36.7. The van der Waals surface area contributed by atoms with Crippen LogP contribution in [0.15, 0.2) is 18.2 Å². The standard InChI is InChI=1S/C11H10F3N3O5/c12-11(13,14)4-6(10(19)20)16-9(18)5-2-1-3-7(8(5)15)17(21)22/h1-3,6H,4,15H2,(H,16,18)(H,19,20).